The number of carbonyl (C=O) groups excluding carboxylic acids is 2. The third-order valence-corrected chi connectivity index (χ3v) is 8.09. The van der Waals surface area contributed by atoms with Crippen LogP contribution < -0.4 is 29.1 Å². The van der Waals surface area contributed by atoms with Crippen LogP contribution in [0.4, 0.5) is 5.69 Å². The fourth-order valence-electron chi connectivity index (χ4n) is 4.61. The van der Waals surface area contributed by atoms with Crippen molar-refractivity contribution in [2.75, 3.05) is 33.5 Å². The Morgan fingerprint density at radius 1 is 1.17 bits per heavy atom. The van der Waals surface area contributed by atoms with Crippen molar-refractivity contribution in [1.29, 1.82) is 0 Å². The molecule has 0 fully saturated rings. The van der Waals surface area contributed by atoms with Crippen molar-refractivity contribution in [3.8, 4) is 29.6 Å². The number of thiazole rings is 1. The summed E-state index contributed by atoms with van der Waals surface area (Å²) in [5.74, 6) is 1.51. The summed E-state index contributed by atoms with van der Waals surface area (Å²) < 4.78 is 28.6. The van der Waals surface area contributed by atoms with Gasteiger partial charge in [0.05, 0.1) is 51.6 Å². The van der Waals surface area contributed by atoms with E-state index in [1.807, 2.05) is 0 Å². The number of rotatable bonds is 12. The highest BCUT2D eigenvalue weighted by atomic mass is 79.9. The number of aromatic nitrogens is 1. The van der Waals surface area contributed by atoms with Gasteiger partial charge in [0.1, 0.15) is 6.61 Å². The van der Waals surface area contributed by atoms with Crippen molar-refractivity contribution >= 4 is 51.0 Å². The first kappa shape index (κ1) is 33.9. The van der Waals surface area contributed by atoms with Crippen LogP contribution in [0.2, 0.25) is 0 Å². The number of ether oxygens (including phenoxy) is 5. The predicted octanol–water partition coefficient (Wildman–Crippen LogP) is 3.43. The van der Waals surface area contributed by atoms with Crippen molar-refractivity contribution in [3.05, 3.63) is 87.0 Å². The van der Waals surface area contributed by atoms with E-state index in [2.05, 4.69) is 31.6 Å². The van der Waals surface area contributed by atoms with Crippen LogP contribution in [0.1, 0.15) is 37.9 Å². The molecule has 0 amide bonds. The summed E-state index contributed by atoms with van der Waals surface area (Å²) in [6, 6.07) is 6.67. The Hall–Kier alpha value is -4.94. The quantitative estimate of drug-likeness (QED) is 0.118. The molecule has 0 spiro atoms. The number of fused-ring (bicyclic) bond motifs is 1. The fourth-order valence-corrected chi connectivity index (χ4v) is 6.24. The van der Waals surface area contributed by atoms with Crippen molar-refractivity contribution in [3.63, 3.8) is 0 Å². The average Bonchev–Trinajstić information content (AvgIpc) is 3.32. The van der Waals surface area contributed by atoms with Crippen LogP contribution in [0.5, 0.6) is 17.2 Å². The van der Waals surface area contributed by atoms with Gasteiger partial charge in [-0.2, -0.15) is 0 Å². The maximum atomic E-state index is 14.0. The SMILES string of the molecule is C#CCOc1c(Br)cc(/C=c2/sc3n(c2=O)[C@@H](c2ccc(OCC(=O)OC)c(OCC)c2)C(C(=O)OCC)=C(C)N=3)cc1[N+](=O)[O-]. The maximum Gasteiger partial charge on any atom is 0.343 e. The summed E-state index contributed by atoms with van der Waals surface area (Å²) in [5, 5.41) is 11.8. The van der Waals surface area contributed by atoms with E-state index in [0.717, 1.165) is 11.3 Å². The summed E-state index contributed by atoms with van der Waals surface area (Å²) in [6.07, 6.45) is 6.73. The van der Waals surface area contributed by atoms with Crippen LogP contribution in [0, 0.1) is 22.5 Å². The molecular formula is C31H28BrN3O10S. The third-order valence-electron chi connectivity index (χ3n) is 6.51. The molecule has 3 aromatic rings. The van der Waals surface area contributed by atoms with Crippen molar-refractivity contribution in [2.45, 2.75) is 26.8 Å². The zero-order chi connectivity index (χ0) is 33.5. The summed E-state index contributed by atoms with van der Waals surface area (Å²) >= 11 is 4.35. The van der Waals surface area contributed by atoms with Crippen molar-refractivity contribution in [2.24, 2.45) is 4.99 Å². The maximum absolute atomic E-state index is 14.0. The lowest BCUT2D eigenvalue weighted by Gasteiger charge is -2.25. The molecule has 2 heterocycles. The molecule has 2 aromatic carbocycles. The second-order valence-electron chi connectivity index (χ2n) is 9.41. The minimum atomic E-state index is -0.980. The zero-order valence-electron chi connectivity index (χ0n) is 25.2. The average molecular weight is 715 g/mol. The van der Waals surface area contributed by atoms with Gasteiger partial charge in [0.25, 0.3) is 5.56 Å². The second kappa shape index (κ2) is 14.9. The smallest absolute Gasteiger partial charge is 0.343 e. The van der Waals surface area contributed by atoms with Gasteiger partial charge >= 0.3 is 17.6 Å². The van der Waals surface area contributed by atoms with Crippen LogP contribution >= 0.6 is 27.3 Å². The van der Waals surface area contributed by atoms with E-state index in [-0.39, 0.29) is 63.9 Å². The Morgan fingerprint density at radius 2 is 1.93 bits per heavy atom. The van der Waals surface area contributed by atoms with Crippen molar-refractivity contribution in [1.82, 2.24) is 4.57 Å². The highest BCUT2D eigenvalue weighted by Gasteiger charge is 2.34. The molecule has 0 N–H and O–H groups in total. The van der Waals surface area contributed by atoms with Crippen LogP contribution in [-0.2, 0) is 19.1 Å². The number of carbonyl (C=O) groups is 2. The number of benzene rings is 2. The van der Waals surface area contributed by atoms with Crippen LogP contribution in [-0.4, -0.2) is 55.0 Å². The predicted molar refractivity (Wildman–Crippen MR) is 171 cm³/mol. The number of terminal acetylenes is 1. The number of nitrogens with zero attached hydrogens (tertiary/aromatic N) is 3. The van der Waals surface area contributed by atoms with Crippen LogP contribution in [0.15, 0.2) is 55.9 Å². The number of esters is 2. The Bertz CT molecular complexity index is 1960. The largest absolute Gasteiger partial charge is 0.490 e. The molecule has 240 valence electrons. The number of methoxy groups -OCH3 is 1. The molecule has 0 aliphatic carbocycles. The molecule has 1 atom stereocenters. The number of nitro benzene ring substituents is 1. The van der Waals surface area contributed by atoms with Gasteiger partial charge in [0.2, 0.25) is 5.75 Å². The van der Waals surface area contributed by atoms with Crippen LogP contribution in [0.3, 0.4) is 0 Å². The first-order valence-electron chi connectivity index (χ1n) is 13.7. The highest BCUT2D eigenvalue weighted by Crippen LogP contribution is 2.38. The van der Waals surface area contributed by atoms with Gasteiger partial charge in [0, 0.05) is 6.07 Å². The molecule has 0 bridgehead atoms. The molecule has 0 saturated carbocycles. The van der Waals surface area contributed by atoms with Crippen LogP contribution in [0.25, 0.3) is 6.08 Å². The number of hydrogen-bond acceptors (Lipinski definition) is 12. The van der Waals surface area contributed by atoms with Crippen molar-refractivity contribution < 1.29 is 38.2 Å². The Labute approximate surface area is 275 Å². The van der Waals surface area contributed by atoms with E-state index in [0.29, 0.717) is 21.6 Å². The molecule has 15 heteroatoms. The lowest BCUT2D eigenvalue weighted by atomic mass is 9.95. The van der Waals surface area contributed by atoms with Gasteiger partial charge < -0.3 is 23.7 Å². The molecule has 1 aliphatic rings. The van der Waals surface area contributed by atoms with E-state index in [1.165, 1.54) is 23.8 Å². The number of nitro groups is 1. The lowest BCUT2D eigenvalue weighted by Crippen LogP contribution is -2.40. The van der Waals surface area contributed by atoms with E-state index < -0.39 is 28.5 Å². The minimum absolute atomic E-state index is 0.0413. The standard InChI is InChI=1S/C31H28BrN3O10S/c1-6-11-44-28-20(32)12-18(13-21(28)35(39)40)14-24-29(37)34-27(26(30(38)43-8-3)17(4)33-31(34)46-24)19-9-10-22(23(15-19)42-7-2)45-16-25(36)41-5/h1,9-10,12-15,27H,7-8,11,16H2,2-5H3/b24-14+/t27-/m0/s1. The molecule has 0 saturated heterocycles. The number of halogens is 1. The van der Waals surface area contributed by atoms with Gasteiger partial charge in [-0.3, -0.25) is 19.5 Å². The lowest BCUT2D eigenvalue weighted by molar-refractivity contribution is -0.385. The molecule has 4 rings (SSSR count). The summed E-state index contributed by atoms with van der Waals surface area (Å²) in [4.78, 5) is 55.0. The molecule has 46 heavy (non-hydrogen) atoms. The van der Waals surface area contributed by atoms with E-state index >= 15 is 0 Å². The van der Waals surface area contributed by atoms with Gasteiger partial charge in [0.15, 0.2) is 22.9 Å². The van der Waals surface area contributed by atoms with Gasteiger partial charge in [-0.25, -0.2) is 14.6 Å². The number of hydrogen-bond donors (Lipinski definition) is 0. The molecular weight excluding hydrogens is 686 g/mol. The molecule has 13 nitrogen and oxygen atoms in total. The molecule has 0 unspecified atom stereocenters. The van der Waals surface area contributed by atoms with Gasteiger partial charge in [-0.1, -0.05) is 23.3 Å². The fraction of sp³-hybridized carbons (Fsp3) is 0.290. The number of allylic oxidation sites excluding steroid dienone is 1. The first-order chi connectivity index (χ1) is 22.0. The monoisotopic (exact) mass is 713 g/mol. The highest BCUT2D eigenvalue weighted by molar-refractivity contribution is 9.10. The van der Waals surface area contributed by atoms with Gasteiger partial charge in [-0.05, 0) is 72.1 Å². The normalized spacial score (nSPS) is 14.1. The Kier molecular flexibility index (Phi) is 11.0. The third kappa shape index (κ3) is 7.13. The molecule has 0 radical (unpaired) electrons. The topological polar surface area (TPSA) is 158 Å². The molecule has 1 aromatic heterocycles. The molecule has 1 aliphatic heterocycles. The Morgan fingerprint density at radius 3 is 2.59 bits per heavy atom. The summed E-state index contributed by atoms with van der Waals surface area (Å²) in [6.45, 7) is 4.89. The first-order valence-corrected chi connectivity index (χ1v) is 15.4. The summed E-state index contributed by atoms with van der Waals surface area (Å²) in [7, 11) is 1.24. The minimum Gasteiger partial charge on any atom is -0.490 e. The zero-order valence-corrected chi connectivity index (χ0v) is 27.6. The van der Waals surface area contributed by atoms with E-state index in [9.17, 15) is 24.5 Å². The summed E-state index contributed by atoms with van der Waals surface area (Å²) in [5.41, 5.74) is 0.444. The van der Waals surface area contributed by atoms with E-state index in [4.69, 9.17) is 25.4 Å². The van der Waals surface area contributed by atoms with Gasteiger partial charge in [-0.15, -0.1) is 6.42 Å². The Balaban J connectivity index is 1.91. The second-order valence-corrected chi connectivity index (χ2v) is 11.3. The van der Waals surface area contributed by atoms with E-state index in [1.54, 1.807) is 45.0 Å².